The topological polar surface area (TPSA) is 39.7 Å². The molecule has 2 atom stereocenters. The first-order chi connectivity index (χ1) is 9.65. The second-order valence-electron chi connectivity index (χ2n) is 6.26. The smallest absolute Gasteiger partial charge is 0.191 e. The van der Waals surface area contributed by atoms with Crippen LogP contribution in [0.4, 0.5) is 0 Å². The van der Waals surface area contributed by atoms with Gasteiger partial charge in [-0.1, -0.05) is 26.2 Å². The Morgan fingerprint density at radius 3 is 2.85 bits per heavy atom. The van der Waals surface area contributed by atoms with E-state index >= 15 is 0 Å². The van der Waals surface area contributed by atoms with Gasteiger partial charge in [-0.2, -0.15) is 0 Å². The molecule has 0 radical (unpaired) electrons. The van der Waals surface area contributed by atoms with Gasteiger partial charge < -0.3 is 15.5 Å². The number of rotatable bonds is 7. The summed E-state index contributed by atoms with van der Waals surface area (Å²) in [6.07, 6.45) is 7.79. The van der Waals surface area contributed by atoms with Gasteiger partial charge in [0.2, 0.25) is 0 Å². The van der Waals surface area contributed by atoms with Crippen molar-refractivity contribution in [3.05, 3.63) is 0 Å². The molecule has 1 aliphatic rings. The van der Waals surface area contributed by atoms with Crippen molar-refractivity contribution in [2.24, 2.45) is 10.9 Å². The number of likely N-dealkylation sites (tertiary alicyclic amines) is 1. The first kappa shape index (κ1) is 17.3. The first-order valence-electron chi connectivity index (χ1n) is 8.31. The summed E-state index contributed by atoms with van der Waals surface area (Å²) in [6.45, 7) is 7.98. The molecular formula is C16H34N4. The lowest BCUT2D eigenvalue weighted by Gasteiger charge is -2.30. The molecule has 0 aromatic carbocycles. The third kappa shape index (κ3) is 7.13. The fraction of sp³-hybridized carbons (Fsp3) is 0.938. The molecule has 4 nitrogen and oxygen atoms in total. The van der Waals surface area contributed by atoms with Crippen LogP contribution in [0.2, 0.25) is 0 Å². The van der Waals surface area contributed by atoms with Crippen molar-refractivity contribution in [1.29, 1.82) is 0 Å². The summed E-state index contributed by atoms with van der Waals surface area (Å²) in [4.78, 5) is 6.77. The summed E-state index contributed by atoms with van der Waals surface area (Å²) in [6, 6.07) is 0.502. The normalized spacial score (nSPS) is 22.6. The van der Waals surface area contributed by atoms with Gasteiger partial charge >= 0.3 is 0 Å². The third-order valence-corrected chi connectivity index (χ3v) is 4.13. The van der Waals surface area contributed by atoms with Crippen molar-refractivity contribution in [2.45, 2.75) is 58.4 Å². The van der Waals surface area contributed by atoms with Crippen LogP contribution in [0.5, 0.6) is 0 Å². The van der Waals surface area contributed by atoms with Crippen LogP contribution in [0.25, 0.3) is 0 Å². The lowest BCUT2D eigenvalue weighted by molar-refractivity contribution is 0.210. The van der Waals surface area contributed by atoms with E-state index in [-0.39, 0.29) is 0 Å². The van der Waals surface area contributed by atoms with Gasteiger partial charge in [-0.3, -0.25) is 4.99 Å². The zero-order valence-electron chi connectivity index (χ0n) is 13.9. The maximum absolute atomic E-state index is 4.34. The van der Waals surface area contributed by atoms with Crippen LogP contribution in [-0.2, 0) is 0 Å². The monoisotopic (exact) mass is 282 g/mol. The van der Waals surface area contributed by atoms with Gasteiger partial charge in [0.1, 0.15) is 0 Å². The number of unbranched alkanes of at least 4 members (excludes halogenated alkanes) is 2. The van der Waals surface area contributed by atoms with Crippen LogP contribution < -0.4 is 10.6 Å². The number of hydrogen-bond donors (Lipinski definition) is 2. The molecule has 1 rings (SSSR count). The van der Waals surface area contributed by atoms with E-state index in [1.165, 1.54) is 51.6 Å². The summed E-state index contributed by atoms with van der Waals surface area (Å²) in [5, 5.41) is 6.99. The van der Waals surface area contributed by atoms with Gasteiger partial charge in [0, 0.05) is 26.2 Å². The Morgan fingerprint density at radius 2 is 2.20 bits per heavy atom. The van der Waals surface area contributed by atoms with E-state index in [9.17, 15) is 0 Å². The highest BCUT2D eigenvalue weighted by Crippen LogP contribution is 2.13. The Balaban J connectivity index is 2.22. The molecular weight excluding hydrogens is 248 g/mol. The van der Waals surface area contributed by atoms with Crippen molar-refractivity contribution >= 4 is 5.96 Å². The number of nitrogens with zero attached hydrogens (tertiary/aromatic N) is 2. The molecule has 0 aliphatic carbocycles. The lowest BCUT2D eigenvalue weighted by atomic mass is 9.98. The molecule has 0 saturated carbocycles. The van der Waals surface area contributed by atoms with E-state index in [0.717, 1.165) is 18.4 Å². The molecule has 1 heterocycles. The zero-order chi connectivity index (χ0) is 14.8. The minimum Gasteiger partial charge on any atom is -0.356 e. The largest absolute Gasteiger partial charge is 0.356 e. The number of nitrogens with one attached hydrogen (secondary N) is 2. The summed E-state index contributed by atoms with van der Waals surface area (Å²) in [5.74, 6) is 1.71. The van der Waals surface area contributed by atoms with Gasteiger partial charge in [0.15, 0.2) is 5.96 Å². The van der Waals surface area contributed by atoms with E-state index in [1.54, 1.807) is 0 Å². The van der Waals surface area contributed by atoms with E-state index in [1.807, 2.05) is 7.05 Å². The zero-order valence-corrected chi connectivity index (χ0v) is 13.9. The fourth-order valence-corrected chi connectivity index (χ4v) is 2.88. The van der Waals surface area contributed by atoms with Crippen molar-refractivity contribution in [1.82, 2.24) is 15.5 Å². The Bertz CT molecular complexity index is 278. The molecule has 0 amide bonds. The van der Waals surface area contributed by atoms with Crippen LogP contribution in [0.15, 0.2) is 4.99 Å². The highest BCUT2D eigenvalue weighted by atomic mass is 15.2. The predicted octanol–water partition coefficient (Wildman–Crippen LogP) is 2.46. The van der Waals surface area contributed by atoms with Crippen LogP contribution in [-0.4, -0.2) is 50.6 Å². The van der Waals surface area contributed by atoms with Crippen molar-refractivity contribution < 1.29 is 0 Å². The third-order valence-electron chi connectivity index (χ3n) is 4.13. The van der Waals surface area contributed by atoms with Crippen LogP contribution in [0, 0.1) is 5.92 Å². The number of piperidine rings is 1. The Kier molecular flexibility index (Phi) is 8.67. The minimum atomic E-state index is 0.502. The van der Waals surface area contributed by atoms with Crippen molar-refractivity contribution in [3.8, 4) is 0 Å². The number of hydrogen-bond acceptors (Lipinski definition) is 2. The van der Waals surface area contributed by atoms with Crippen LogP contribution in [0.3, 0.4) is 0 Å². The number of guanidine groups is 1. The van der Waals surface area contributed by atoms with Crippen molar-refractivity contribution in [3.63, 3.8) is 0 Å². The minimum absolute atomic E-state index is 0.502. The van der Waals surface area contributed by atoms with Crippen LogP contribution in [0.1, 0.15) is 52.4 Å². The van der Waals surface area contributed by atoms with Gasteiger partial charge in [0.05, 0.1) is 0 Å². The quantitative estimate of drug-likeness (QED) is 0.428. The van der Waals surface area contributed by atoms with Gasteiger partial charge in [0.25, 0.3) is 0 Å². The summed E-state index contributed by atoms with van der Waals surface area (Å²) in [5.41, 5.74) is 0. The fourth-order valence-electron chi connectivity index (χ4n) is 2.88. The average Bonchev–Trinajstić information content (AvgIpc) is 2.44. The molecule has 4 heteroatoms. The summed E-state index contributed by atoms with van der Waals surface area (Å²) in [7, 11) is 4.08. The van der Waals surface area contributed by atoms with E-state index in [0.29, 0.717) is 6.04 Å². The van der Waals surface area contributed by atoms with Crippen LogP contribution >= 0.6 is 0 Å². The molecule has 2 N–H and O–H groups in total. The van der Waals surface area contributed by atoms with E-state index < -0.39 is 0 Å². The summed E-state index contributed by atoms with van der Waals surface area (Å²) < 4.78 is 0. The van der Waals surface area contributed by atoms with E-state index in [2.05, 4.69) is 41.4 Å². The molecule has 1 aliphatic heterocycles. The molecule has 0 aromatic rings. The van der Waals surface area contributed by atoms with Gasteiger partial charge in [-0.25, -0.2) is 0 Å². The molecule has 118 valence electrons. The molecule has 20 heavy (non-hydrogen) atoms. The summed E-state index contributed by atoms with van der Waals surface area (Å²) >= 11 is 0. The van der Waals surface area contributed by atoms with Crippen molar-refractivity contribution in [2.75, 3.05) is 33.7 Å². The standard InChI is InChI=1S/C16H34N4/c1-5-6-7-9-14(2)19-16(17-3)18-12-15-10-8-11-20(4)13-15/h14-15H,5-13H2,1-4H3,(H2,17,18,19). The highest BCUT2D eigenvalue weighted by Gasteiger charge is 2.17. The Hall–Kier alpha value is -0.770. The molecule has 0 bridgehead atoms. The maximum atomic E-state index is 4.34. The Labute approximate surface area is 125 Å². The molecule has 1 saturated heterocycles. The van der Waals surface area contributed by atoms with Gasteiger partial charge in [-0.15, -0.1) is 0 Å². The highest BCUT2D eigenvalue weighted by molar-refractivity contribution is 5.79. The van der Waals surface area contributed by atoms with E-state index in [4.69, 9.17) is 0 Å². The Morgan fingerprint density at radius 1 is 1.40 bits per heavy atom. The second kappa shape index (κ2) is 10.0. The predicted molar refractivity (Wildman–Crippen MR) is 88.3 cm³/mol. The number of aliphatic imine (C=N–C) groups is 1. The lowest BCUT2D eigenvalue weighted by Crippen LogP contribution is -2.46. The maximum Gasteiger partial charge on any atom is 0.191 e. The average molecular weight is 282 g/mol. The molecule has 1 fully saturated rings. The second-order valence-corrected chi connectivity index (χ2v) is 6.26. The first-order valence-corrected chi connectivity index (χ1v) is 8.31. The van der Waals surface area contributed by atoms with Gasteiger partial charge in [-0.05, 0) is 45.7 Å². The molecule has 0 aromatic heterocycles. The molecule has 0 spiro atoms. The molecule has 2 unspecified atom stereocenters. The SMILES string of the molecule is CCCCCC(C)NC(=NC)NCC1CCCN(C)C1.